The number of hydrogen-bond acceptors (Lipinski definition) is 4. The van der Waals surface area contributed by atoms with Gasteiger partial charge in [0.1, 0.15) is 0 Å². The summed E-state index contributed by atoms with van der Waals surface area (Å²) in [6.45, 7) is 3.32. The van der Waals surface area contributed by atoms with Gasteiger partial charge in [-0.05, 0) is 44.1 Å². The topological polar surface area (TPSA) is 42.2 Å². The number of likely N-dealkylation sites (tertiary alicyclic amines) is 1. The molecular weight excluding hydrogens is 238 g/mol. The molecule has 4 nitrogen and oxygen atoms in total. The van der Waals surface area contributed by atoms with Crippen molar-refractivity contribution in [3.8, 4) is 0 Å². The summed E-state index contributed by atoms with van der Waals surface area (Å²) in [5.74, 6) is 4.29. The first-order valence-electron chi connectivity index (χ1n) is 7.93. The Bertz CT molecular complexity index is 440. The minimum Gasteiger partial charge on any atom is -0.338 e. The summed E-state index contributed by atoms with van der Waals surface area (Å²) < 4.78 is 5.40. The summed E-state index contributed by atoms with van der Waals surface area (Å²) in [6.07, 6.45) is 9.63. The van der Waals surface area contributed by atoms with Gasteiger partial charge in [0.25, 0.3) is 0 Å². The summed E-state index contributed by atoms with van der Waals surface area (Å²) in [4.78, 5) is 7.08. The maximum Gasteiger partial charge on any atom is 0.240 e. The number of piperidine rings is 1. The van der Waals surface area contributed by atoms with Crippen LogP contribution in [0.2, 0.25) is 0 Å². The Hall–Kier alpha value is -0.900. The van der Waals surface area contributed by atoms with E-state index in [0.29, 0.717) is 5.92 Å². The Morgan fingerprint density at radius 3 is 2.74 bits per heavy atom. The molecule has 2 saturated carbocycles. The highest BCUT2D eigenvalue weighted by Gasteiger charge is 2.32. The summed E-state index contributed by atoms with van der Waals surface area (Å²) in [6, 6.07) is 0. The van der Waals surface area contributed by atoms with Crippen LogP contribution < -0.4 is 0 Å². The molecule has 0 unspecified atom stereocenters. The van der Waals surface area contributed by atoms with Gasteiger partial charge in [0.2, 0.25) is 5.89 Å². The van der Waals surface area contributed by atoms with E-state index in [1.165, 1.54) is 58.0 Å². The lowest BCUT2D eigenvalue weighted by atomic mass is 9.75. The first-order valence-corrected chi connectivity index (χ1v) is 7.93. The van der Waals surface area contributed by atoms with E-state index in [9.17, 15) is 0 Å². The molecule has 1 aromatic heterocycles. The Labute approximate surface area is 114 Å². The van der Waals surface area contributed by atoms with Crippen LogP contribution in [0.4, 0.5) is 0 Å². The van der Waals surface area contributed by atoms with Gasteiger partial charge in [0, 0.05) is 12.5 Å². The zero-order valence-electron chi connectivity index (χ0n) is 11.6. The molecule has 4 rings (SSSR count). The van der Waals surface area contributed by atoms with E-state index >= 15 is 0 Å². The largest absolute Gasteiger partial charge is 0.338 e. The van der Waals surface area contributed by atoms with Crippen molar-refractivity contribution in [3.63, 3.8) is 0 Å². The Kier molecular flexibility index (Phi) is 3.06. The lowest BCUT2D eigenvalue weighted by Crippen LogP contribution is -2.41. The molecule has 1 aromatic rings. The summed E-state index contributed by atoms with van der Waals surface area (Å²) in [7, 11) is 0. The Morgan fingerprint density at radius 1 is 1.05 bits per heavy atom. The minimum atomic E-state index is 0.599. The monoisotopic (exact) mass is 261 g/mol. The zero-order chi connectivity index (χ0) is 12.7. The fourth-order valence-corrected chi connectivity index (χ4v) is 3.85. The molecule has 0 N–H and O–H groups in total. The molecule has 0 radical (unpaired) electrons. The molecular formula is C15H23N3O. The third kappa shape index (κ3) is 2.55. The summed E-state index contributed by atoms with van der Waals surface area (Å²) in [5, 5.41) is 4.11. The van der Waals surface area contributed by atoms with E-state index in [1.807, 2.05) is 0 Å². The molecule has 19 heavy (non-hydrogen) atoms. The smallest absolute Gasteiger partial charge is 0.240 e. The molecule has 2 heterocycles. The highest BCUT2D eigenvalue weighted by molar-refractivity contribution is 5.03. The van der Waals surface area contributed by atoms with E-state index in [1.54, 1.807) is 0 Å². The fourth-order valence-electron chi connectivity index (χ4n) is 3.85. The van der Waals surface area contributed by atoms with Crippen LogP contribution in [0, 0.1) is 11.8 Å². The normalized spacial score (nSPS) is 32.2. The number of nitrogens with zero attached hydrogens (tertiary/aromatic N) is 3. The molecule has 0 spiro atoms. The Balaban J connectivity index is 1.36. The van der Waals surface area contributed by atoms with Crippen molar-refractivity contribution in [1.82, 2.24) is 15.0 Å². The molecule has 1 saturated heterocycles. The van der Waals surface area contributed by atoms with Crippen LogP contribution in [0.1, 0.15) is 62.6 Å². The SMILES string of the molecule is C1CC[C@H]2CN(Cc3nc(C4CC4)no3)CC[C@H]2C1. The zero-order valence-corrected chi connectivity index (χ0v) is 11.6. The van der Waals surface area contributed by atoms with Gasteiger partial charge in [0.15, 0.2) is 5.82 Å². The third-order valence-electron chi connectivity index (χ3n) is 5.16. The van der Waals surface area contributed by atoms with Crippen molar-refractivity contribution in [2.75, 3.05) is 13.1 Å². The van der Waals surface area contributed by atoms with Gasteiger partial charge in [-0.3, -0.25) is 4.90 Å². The van der Waals surface area contributed by atoms with Gasteiger partial charge in [-0.15, -0.1) is 0 Å². The van der Waals surface area contributed by atoms with E-state index in [0.717, 1.165) is 30.1 Å². The molecule has 3 fully saturated rings. The van der Waals surface area contributed by atoms with Gasteiger partial charge in [-0.25, -0.2) is 0 Å². The first kappa shape index (κ1) is 11.9. The van der Waals surface area contributed by atoms with Crippen LogP contribution in [0.3, 0.4) is 0 Å². The van der Waals surface area contributed by atoms with Crippen molar-refractivity contribution in [1.29, 1.82) is 0 Å². The highest BCUT2D eigenvalue weighted by atomic mass is 16.5. The predicted molar refractivity (Wildman–Crippen MR) is 71.6 cm³/mol. The van der Waals surface area contributed by atoms with Crippen molar-refractivity contribution < 1.29 is 4.52 Å². The summed E-state index contributed by atoms with van der Waals surface area (Å²) >= 11 is 0. The van der Waals surface area contributed by atoms with Gasteiger partial charge < -0.3 is 4.52 Å². The first-order chi connectivity index (χ1) is 9.38. The number of hydrogen-bond donors (Lipinski definition) is 0. The van der Waals surface area contributed by atoms with Crippen LogP contribution in [0.25, 0.3) is 0 Å². The maximum atomic E-state index is 5.40. The number of aromatic nitrogens is 2. The Morgan fingerprint density at radius 2 is 1.89 bits per heavy atom. The van der Waals surface area contributed by atoms with Crippen molar-refractivity contribution >= 4 is 0 Å². The standard InChI is InChI=1S/C15H23N3O/c1-2-4-13-9-18(8-7-11(13)3-1)10-14-16-15(17-19-14)12-5-6-12/h11-13H,1-10H2/t11-,13+/m1/s1. The maximum absolute atomic E-state index is 5.40. The van der Waals surface area contributed by atoms with Crippen LogP contribution in [0.15, 0.2) is 4.52 Å². The van der Waals surface area contributed by atoms with Crippen molar-refractivity contribution in [2.45, 2.75) is 57.4 Å². The van der Waals surface area contributed by atoms with E-state index < -0.39 is 0 Å². The van der Waals surface area contributed by atoms with Crippen LogP contribution in [-0.4, -0.2) is 28.1 Å². The lowest BCUT2D eigenvalue weighted by Gasteiger charge is -2.40. The minimum absolute atomic E-state index is 0.599. The molecule has 0 bridgehead atoms. The van der Waals surface area contributed by atoms with Crippen LogP contribution in [-0.2, 0) is 6.54 Å². The van der Waals surface area contributed by atoms with Crippen LogP contribution in [0.5, 0.6) is 0 Å². The molecule has 3 aliphatic rings. The lowest BCUT2D eigenvalue weighted by molar-refractivity contribution is 0.0747. The molecule has 104 valence electrons. The van der Waals surface area contributed by atoms with Gasteiger partial charge in [0.05, 0.1) is 6.54 Å². The number of fused-ring (bicyclic) bond motifs is 1. The fraction of sp³-hybridized carbons (Fsp3) is 0.867. The molecule has 0 amide bonds. The predicted octanol–water partition coefficient (Wildman–Crippen LogP) is 2.96. The second-order valence-corrected chi connectivity index (χ2v) is 6.65. The average Bonchev–Trinajstić information content (AvgIpc) is 3.20. The van der Waals surface area contributed by atoms with Gasteiger partial charge in [-0.2, -0.15) is 4.98 Å². The number of rotatable bonds is 3. The van der Waals surface area contributed by atoms with E-state index in [2.05, 4.69) is 15.0 Å². The molecule has 4 heteroatoms. The highest BCUT2D eigenvalue weighted by Crippen LogP contribution is 2.38. The quantitative estimate of drug-likeness (QED) is 0.839. The van der Waals surface area contributed by atoms with Gasteiger partial charge in [-0.1, -0.05) is 24.4 Å². The molecule has 2 aliphatic carbocycles. The van der Waals surface area contributed by atoms with Crippen LogP contribution >= 0.6 is 0 Å². The second-order valence-electron chi connectivity index (χ2n) is 6.65. The van der Waals surface area contributed by atoms with Crippen molar-refractivity contribution in [3.05, 3.63) is 11.7 Å². The molecule has 2 atom stereocenters. The van der Waals surface area contributed by atoms with E-state index in [4.69, 9.17) is 4.52 Å². The molecule has 1 aliphatic heterocycles. The van der Waals surface area contributed by atoms with E-state index in [-0.39, 0.29) is 0 Å². The molecule has 0 aromatic carbocycles. The second kappa shape index (κ2) is 4.89. The average molecular weight is 261 g/mol. The van der Waals surface area contributed by atoms with Crippen molar-refractivity contribution in [2.24, 2.45) is 11.8 Å². The van der Waals surface area contributed by atoms with Gasteiger partial charge >= 0.3 is 0 Å². The third-order valence-corrected chi connectivity index (χ3v) is 5.16. The summed E-state index contributed by atoms with van der Waals surface area (Å²) in [5.41, 5.74) is 0.